The number of hydrogen-bond acceptors (Lipinski definition) is 3. The van der Waals surface area contributed by atoms with Crippen LogP contribution in [0.4, 0.5) is 0 Å². The van der Waals surface area contributed by atoms with Gasteiger partial charge in [0.15, 0.2) is 0 Å². The van der Waals surface area contributed by atoms with E-state index in [0.29, 0.717) is 5.88 Å². The Bertz CT molecular complexity index is 760. The van der Waals surface area contributed by atoms with Gasteiger partial charge >= 0.3 is 0 Å². The number of halogens is 1. The van der Waals surface area contributed by atoms with E-state index in [9.17, 15) is 0 Å². The molecular weight excluding hydrogens is 302 g/mol. The Hall–Kier alpha value is -1.39. The van der Waals surface area contributed by atoms with E-state index in [2.05, 4.69) is 40.1 Å². The van der Waals surface area contributed by atoms with Crippen molar-refractivity contribution in [2.45, 2.75) is 33.2 Å². The van der Waals surface area contributed by atoms with Crippen molar-refractivity contribution in [3.8, 4) is 0 Å². The number of imidazole rings is 1. The van der Waals surface area contributed by atoms with Gasteiger partial charge in [-0.2, -0.15) is 0 Å². The van der Waals surface area contributed by atoms with Gasteiger partial charge in [0.1, 0.15) is 5.82 Å². The summed E-state index contributed by atoms with van der Waals surface area (Å²) in [5, 5.41) is 3.28. The predicted molar refractivity (Wildman–Crippen MR) is 89.4 cm³/mol. The molecule has 2 aromatic heterocycles. The first-order chi connectivity index (χ1) is 10.2. The molecule has 3 rings (SSSR count). The Balaban J connectivity index is 1.92. The average Bonchev–Trinajstić information content (AvgIpc) is 3.00. The predicted octanol–water partition coefficient (Wildman–Crippen LogP) is 4.13. The van der Waals surface area contributed by atoms with E-state index in [4.69, 9.17) is 16.6 Å². The summed E-state index contributed by atoms with van der Waals surface area (Å²) in [6.45, 7) is 5.03. The largest absolute Gasteiger partial charge is 0.328 e. The number of nitrogens with zero attached hydrogens (tertiary/aromatic N) is 3. The number of hydrogen-bond donors (Lipinski definition) is 0. The van der Waals surface area contributed by atoms with E-state index in [0.717, 1.165) is 36.4 Å². The lowest BCUT2D eigenvalue weighted by Gasteiger charge is -2.07. The van der Waals surface area contributed by atoms with E-state index in [1.807, 2.05) is 6.92 Å². The summed E-state index contributed by atoms with van der Waals surface area (Å²) < 4.78 is 2.29. The van der Waals surface area contributed by atoms with Gasteiger partial charge < -0.3 is 4.57 Å². The second kappa shape index (κ2) is 6.16. The molecule has 3 nitrogen and oxygen atoms in total. The molecule has 0 fully saturated rings. The molecule has 0 aliphatic rings. The minimum Gasteiger partial charge on any atom is -0.328 e. The van der Waals surface area contributed by atoms with Crippen LogP contribution in [0.15, 0.2) is 23.6 Å². The summed E-state index contributed by atoms with van der Waals surface area (Å²) >= 11 is 7.65. The van der Waals surface area contributed by atoms with Crippen LogP contribution in [0.25, 0.3) is 11.0 Å². The first-order valence-electron chi connectivity index (χ1n) is 7.10. The van der Waals surface area contributed by atoms with Gasteiger partial charge in [-0.1, -0.05) is 6.07 Å². The second-order valence-electron chi connectivity index (χ2n) is 5.24. The maximum atomic E-state index is 5.92. The third kappa shape index (κ3) is 3.11. The smallest absolute Gasteiger partial charge is 0.111 e. The molecule has 0 spiro atoms. The normalized spacial score (nSPS) is 11.4. The summed E-state index contributed by atoms with van der Waals surface area (Å²) in [5.74, 6) is 1.66. The molecule has 0 N–H and O–H groups in total. The van der Waals surface area contributed by atoms with Crippen LogP contribution < -0.4 is 0 Å². The summed E-state index contributed by atoms with van der Waals surface area (Å²) in [7, 11) is 0. The Morgan fingerprint density at radius 1 is 1.19 bits per heavy atom. The van der Waals surface area contributed by atoms with Crippen molar-refractivity contribution in [3.63, 3.8) is 0 Å². The van der Waals surface area contributed by atoms with Crippen LogP contribution in [-0.4, -0.2) is 20.4 Å². The molecule has 0 bridgehead atoms. The monoisotopic (exact) mass is 319 g/mol. The van der Waals surface area contributed by atoms with Gasteiger partial charge in [0.2, 0.25) is 0 Å². The van der Waals surface area contributed by atoms with Crippen LogP contribution in [0.2, 0.25) is 0 Å². The summed E-state index contributed by atoms with van der Waals surface area (Å²) in [6, 6.07) is 6.43. The Labute approximate surface area is 133 Å². The van der Waals surface area contributed by atoms with Crippen molar-refractivity contribution in [2.75, 3.05) is 5.88 Å². The van der Waals surface area contributed by atoms with Gasteiger partial charge in [-0.05, 0) is 31.5 Å². The third-order valence-electron chi connectivity index (χ3n) is 3.52. The van der Waals surface area contributed by atoms with E-state index in [1.54, 1.807) is 11.3 Å². The number of rotatable bonds is 5. The van der Waals surface area contributed by atoms with Crippen molar-refractivity contribution in [1.82, 2.24) is 14.5 Å². The van der Waals surface area contributed by atoms with E-state index in [1.165, 1.54) is 16.1 Å². The number of benzene rings is 1. The fourth-order valence-corrected chi connectivity index (χ4v) is 3.47. The van der Waals surface area contributed by atoms with Crippen molar-refractivity contribution in [2.24, 2.45) is 0 Å². The molecule has 1 aromatic carbocycles. The highest BCUT2D eigenvalue weighted by Gasteiger charge is 2.11. The summed E-state index contributed by atoms with van der Waals surface area (Å²) in [6.07, 6.45) is 1.74. The van der Waals surface area contributed by atoms with Gasteiger partial charge in [0.05, 0.1) is 16.0 Å². The van der Waals surface area contributed by atoms with E-state index < -0.39 is 0 Å². The quantitative estimate of drug-likeness (QED) is 0.662. The standard InChI is InChI=1S/C16H18ClN3S/c1-11-3-4-14-13(9-11)19-15(5-7-17)20(14)8-6-16-18-12(2)10-21-16/h3-4,9-10H,5-8H2,1-2H3. The van der Waals surface area contributed by atoms with Crippen molar-refractivity contribution >= 4 is 34.0 Å². The highest BCUT2D eigenvalue weighted by atomic mass is 35.5. The molecule has 0 aliphatic heterocycles. The molecule has 0 unspecified atom stereocenters. The van der Waals surface area contributed by atoms with Gasteiger partial charge in [-0.15, -0.1) is 22.9 Å². The molecule has 5 heteroatoms. The lowest BCUT2D eigenvalue weighted by molar-refractivity contribution is 0.672. The van der Waals surface area contributed by atoms with Crippen molar-refractivity contribution in [3.05, 3.63) is 45.7 Å². The number of alkyl halides is 1. The number of aromatic nitrogens is 3. The summed E-state index contributed by atoms with van der Waals surface area (Å²) in [4.78, 5) is 9.28. The molecule has 3 aromatic rings. The topological polar surface area (TPSA) is 30.7 Å². The second-order valence-corrected chi connectivity index (χ2v) is 6.56. The van der Waals surface area contributed by atoms with Gasteiger partial charge in [-0.25, -0.2) is 9.97 Å². The van der Waals surface area contributed by atoms with Gasteiger partial charge in [0, 0.05) is 36.3 Å². The minimum absolute atomic E-state index is 0.596. The average molecular weight is 320 g/mol. The molecule has 0 amide bonds. The highest BCUT2D eigenvalue weighted by Crippen LogP contribution is 2.20. The van der Waals surface area contributed by atoms with Crippen LogP contribution in [0, 0.1) is 13.8 Å². The molecule has 0 aliphatic carbocycles. The molecular formula is C16H18ClN3S. The molecule has 21 heavy (non-hydrogen) atoms. The zero-order valence-electron chi connectivity index (χ0n) is 12.3. The Morgan fingerprint density at radius 3 is 2.76 bits per heavy atom. The first-order valence-corrected chi connectivity index (χ1v) is 8.51. The number of aryl methyl sites for hydroxylation is 5. The third-order valence-corrected chi connectivity index (χ3v) is 4.73. The van der Waals surface area contributed by atoms with Crippen LogP contribution in [0.1, 0.15) is 22.1 Å². The van der Waals surface area contributed by atoms with Crippen LogP contribution in [0.5, 0.6) is 0 Å². The molecule has 110 valence electrons. The Kier molecular flexibility index (Phi) is 4.27. The molecule has 0 radical (unpaired) electrons. The zero-order valence-corrected chi connectivity index (χ0v) is 13.8. The van der Waals surface area contributed by atoms with Crippen LogP contribution in [-0.2, 0) is 19.4 Å². The fourth-order valence-electron chi connectivity index (χ4n) is 2.54. The first kappa shape index (κ1) is 14.5. The lowest BCUT2D eigenvalue weighted by Crippen LogP contribution is -2.07. The Morgan fingerprint density at radius 2 is 2.05 bits per heavy atom. The molecule has 0 saturated heterocycles. The van der Waals surface area contributed by atoms with Crippen molar-refractivity contribution in [1.29, 1.82) is 0 Å². The molecule has 0 atom stereocenters. The highest BCUT2D eigenvalue weighted by molar-refractivity contribution is 7.09. The fraction of sp³-hybridized carbons (Fsp3) is 0.375. The number of thiazole rings is 1. The van der Waals surface area contributed by atoms with Gasteiger partial charge in [0.25, 0.3) is 0 Å². The number of fused-ring (bicyclic) bond motifs is 1. The minimum atomic E-state index is 0.596. The zero-order chi connectivity index (χ0) is 14.8. The molecule has 2 heterocycles. The van der Waals surface area contributed by atoms with E-state index in [-0.39, 0.29) is 0 Å². The van der Waals surface area contributed by atoms with Crippen LogP contribution in [0.3, 0.4) is 0 Å². The molecule has 0 saturated carbocycles. The van der Waals surface area contributed by atoms with Crippen molar-refractivity contribution < 1.29 is 0 Å². The maximum absolute atomic E-state index is 5.92. The van der Waals surface area contributed by atoms with Crippen LogP contribution >= 0.6 is 22.9 Å². The SMILES string of the molecule is Cc1ccc2c(c1)nc(CCCl)n2CCc1nc(C)cs1. The maximum Gasteiger partial charge on any atom is 0.111 e. The lowest BCUT2D eigenvalue weighted by atomic mass is 10.2. The summed E-state index contributed by atoms with van der Waals surface area (Å²) in [5.41, 5.74) is 4.58. The van der Waals surface area contributed by atoms with E-state index >= 15 is 0 Å². The van der Waals surface area contributed by atoms with Gasteiger partial charge in [-0.3, -0.25) is 0 Å².